The molecule has 0 bridgehead atoms. The van der Waals surface area contributed by atoms with Crippen molar-refractivity contribution < 1.29 is 4.74 Å². The van der Waals surface area contributed by atoms with E-state index in [-0.39, 0.29) is 30.1 Å². The maximum Gasteiger partial charge on any atom is 0.193 e. The molecule has 1 atom stereocenters. The van der Waals surface area contributed by atoms with Gasteiger partial charge < -0.3 is 19.5 Å². The van der Waals surface area contributed by atoms with Crippen molar-refractivity contribution in [1.82, 2.24) is 19.8 Å². The molecular weight excluding hydrogens is 497 g/mol. The van der Waals surface area contributed by atoms with Gasteiger partial charge in [-0.15, -0.1) is 35.3 Å². The summed E-state index contributed by atoms with van der Waals surface area (Å²) in [7, 11) is 5.56. The second kappa shape index (κ2) is 11.5. The van der Waals surface area contributed by atoms with E-state index in [4.69, 9.17) is 4.74 Å². The Morgan fingerprint density at radius 3 is 2.90 bits per heavy atom. The number of methoxy groups -OCH3 is 1. The summed E-state index contributed by atoms with van der Waals surface area (Å²) < 4.78 is 7.65. The molecule has 1 unspecified atom stereocenters. The highest BCUT2D eigenvalue weighted by Crippen LogP contribution is 2.21. The Hall–Kier alpha value is -1.65. The number of benzene rings is 1. The van der Waals surface area contributed by atoms with Crippen LogP contribution in [0.3, 0.4) is 0 Å². The van der Waals surface area contributed by atoms with Crippen LogP contribution in [0.15, 0.2) is 46.9 Å². The highest BCUT2D eigenvalue weighted by atomic mass is 127. The van der Waals surface area contributed by atoms with Crippen molar-refractivity contribution in [2.24, 2.45) is 4.99 Å². The van der Waals surface area contributed by atoms with Crippen LogP contribution >= 0.6 is 35.3 Å². The molecule has 1 aromatic carbocycles. The molecule has 0 aliphatic rings. The van der Waals surface area contributed by atoms with Crippen LogP contribution in [0.4, 0.5) is 0 Å². The molecule has 0 saturated heterocycles. The number of aryl methyl sites for hydroxylation is 1. The molecule has 2 aromatic heterocycles. The quantitative estimate of drug-likeness (QED) is 0.203. The van der Waals surface area contributed by atoms with Gasteiger partial charge in [0, 0.05) is 51.4 Å². The summed E-state index contributed by atoms with van der Waals surface area (Å²) in [5, 5.41) is 7.84. The Morgan fingerprint density at radius 2 is 2.14 bits per heavy atom. The zero-order chi connectivity index (χ0) is 19.9. The van der Waals surface area contributed by atoms with Crippen LogP contribution in [0.2, 0.25) is 0 Å². The van der Waals surface area contributed by atoms with Crippen LogP contribution in [-0.4, -0.2) is 48.2 Å². The molecule has 29 heavy (non-hydrogen) atoms. The lowest BCUT2D eigenvalue weighted by Gasteiger charge is -2.21. The van der Waals surface area contributed by atoms with Crippen LogP contribution < -0.4 is 5.32 Å². The molecule has 3 aromatic rings. The minimum absolute atomic E-state index is 0. The Labute approximate surface area is 194 Å². The lowest BCUT2D eigenvalue weighted by atomic mass is 10.2. The van der Waals surface area contributed by atoms with Crippen LogP contribution in [0.25, 0.3) is 10.9 Å². The highest BCUT2D eigenvalue weighted by Gasteiger charge is 2.12. The Balaban J connectivity index is 0.00000300. The number of aliphatic imine (C=N–C) groups is 1. The van der Waals surface area contributed by atoms with Gasteiger partial charge in [0.15, 0.2) is 5.96 Å². The van der Waals surface area contributed by atoms with Gasteiger partial charge in [0.05, 0.1) is 12.2 Å². The molecule has 3 rings (SSSR count). The van der Waals surface area contributed by atoms with Gasteiger partial charge in [-0.2, -0.15) is 0 Å². The average Bonchev–Trinajstić information content (AvgIpc) is 3.34. The maximum absolute atomic E-state index is 5.34. The minimum Gasteiger partial charge on any atom is -0.375 e. The average molecular weight is 527 g/mol. The van der Waals surface area contributed by atoms with E-state index in [1.165, 1.54) is 10.9 Å². The largest absolute Gasteiger partial charge is 0.375 e. The third kappa shape index (κ3) is 6.16. The summed E-state index contributed by atoms with van der Waals surface area (Å²) in [5.41, 5.74) is 2.32. The minimum atomic E-state index is 0. The second-order valence-electron chi connectivity index (χ2n) is 6.81. The third-order valence-electron chi connectivity index (χ3n) is 4.78. The molecule has 2 heterocycles. The maximum atomic E-state index is 5.34. The zero-order valence-electron chi connectivity index (χ0n) is 17.5. The number of rotatable bonds is 8. The highest BCUT2D eigenvalue weighted by molar-refractivity contribution is 14.0. The van der Waals surface area contributed by atoms with Gasteiger partial charge in [-0.1, -0.05) is 18.2 Å². The molecule has 0 saturated carbocycles. The van der Waals surface area contributed by atoms with Crippen LogP contribution in [0, 0.1) is 0 Å². The van der Waals surface area contributed by atoms with Crippen molar-refractivity contribution in [2.45, 2.75) is 32.5 Å². The number of nitrogens with one attached hydrogen (secondary N) is 1. The molecule has 0 aliphatic carbocycles. The summed E-state index contributed by atoms with van der Waals surface area (Å²) >= 11 is 1.64. The molecule has 6 nitrogen and oxygen atoms in total. The molecule has 8 heteroatoms. The fraction of sp³-hybridized carbons (Fsp3) is 0.429. The van der Waals surface area contributed by atoms with Gasteiger partial charge in [-0.3, -0.25) is 4.99 Å². The number of ether oxygens (including phenoxy) is 1. The van der Waals surface area contributed by atoms with Crippen molar-refractivity contribution in [1.29, 1.82) is 0 Å². The van der Waals surface area contributed by atoms with E-state index in [9.17, 15) is 0 Å². The fourth-order valence-corrected chi connectivity index (χ4v) is 4.01. The van der Waals surface area contributed by atoms with Gasteiger partial charge in [0.2, 0.25) is 0 Å². The molecule has 0 amide bonds. The van der Waals surface area contributed by atoms with E-state index in [2.05, 4.69) is 66.7 Å². The number of hydrogen-bond donors (Lipinski definition) is 1. The molecule has 0 fully saturated rings. The van der Waals surface area contributed by atoms with Crippen LogP contribution in [0.5, 0.6) is 0 Å². The standard InChI is InChI=1S/C21H29N5OS.HI/c1-16(27-4)20-24-18(15-28-20)14-25(3)21(22-2)23-11-7-12-26-13-10-17-8-5-6-9-19(17)26;/h5-6,8-10,13,15-16H,7,11-12,14H2,1-4H3,(H,22,23);1H. The van der Waals surface area contributed by atoms with Crippen molar-refractivity contribution in [3.63, 3.8) is 0 Å². The molecule has 0 radical (unpaired) electrons. The van der Waals surface area contributed by atoms with Crippen molar-refractivity contribution in [3.05, 3.63) is 52.6 Å². The van der Waals surface area contributed by atoms with E-state index in [1.807, 2.05) is 21.0 Å². The second-order valence-corrected chi connectivity index (χ2v) is 7.70. The molecule has 0 aliphatic heterocycles. The number of hydrogen-bond acceptors (Lipinski definition) is 4. The van der Waals surface area contributed by atoms with Gasteiger partial charge in [0.25, 0.3) is 0 Å². The first-order valence-corrected chi connectivity index (χ1v) is 10.4. The van der Waals surface area contributed by atoms with Gasteiger partial charge in [0.1, 0.15) is 11.1 Å². The fourth-order valence-electron chi connectivity index (χ4n) is 3.17. The van der Waals surface area contributed by atoms with E-state index in [0.717, 1.165) is 42.7 Å². The number of guanidine groups is 1. The number of nitrogens with zero attached hydrogens (tertiary/aromatic N) is 4. The third-order valence-corrected chi connectivity index (χ3v) is 5.84. The number of thiazole rings is 1. The van der Waals surface area contributed by atoms with Gasteiger partial charge in [-0.25, -0.2) is 4.98 Å². The monoisotopic (exact) mass is 527 g/mol. The zero-order valence-corrected chi connectivity index (χ0v) is 20.6. The topological polar surface area (TPSA) is 54.7 Å². The van der Waals surface area contributed by atoms with Crippen LogP contribution in [-0.2, 0) is 17.8 Å². The molecule has 1 N–H and O–H groups in total. The SMILES string of the molecule is CN=C(NCCCn1ccc2ccccc21)N(C)Cc1csc(C(C)OC)n1.I. The first-order valence-electron chi connectivity index (χ1n) is 9.55. The number of para-hydroxylation sites is 1. The normalized spacial score (nSPS) is 12.6. The van der Waals surface area contributed by atoms with Gasteiger partial charge in [-0.05, 0) is 30.9 Å². The summed E-state index contributed by atoms with van der Waals surface area (Å²) in [4.78, 5) is 11.2. The van der Waals surface area contributed by atoms with Crippen molar-refractivity contribution >= 4 is 52.2 Å². The lowest BCUT2D eigenvalue weighted by Crippen LogP contribution is -2.39. The van der Waals surface area contributed by atoms with Gasteiger partial charge >= 0.3 is 0 Å². The summed E-state index contributed by atoms with van der Waals surface area (Å²) in [6.45, 7) is 4.58. The first-order chi connectivity index (χ1) is 13.6. The molecule has 0 spiro atoms. The Morgan fingerprint density at radius 1 is 1.34 bits per heavy atom. The van der Waals surface area contributed by atoms with Crippen LogP contribution in [0.1, 0.15) is 30.2 Å². The summed E-state index contributed by atoms with van der Waals surface area (Å²) in [6, 6.07) is 10.7. The van der Waals surface area contributed by atoms with Crippen molar-refractivity contribution in [3.8, 4) is 0 Å². The van der Waals surface area contributed by atoms with Crippen molar-refractivity contribution in [2.75, 3.05) is 27.7 Å². The van der Waals surface area contributed by atoms with E-state index >= 15 is 0 Å². The van der Waals surface area contributed by atoms with E-state index < -0.39 is 0 Å². The molecule has 158 valence electrons. The number of halogens is 1. The lowest BCUT2D eigenvalue weighted by molar-refractivity contribution is 0.119. The summed E-state index contributed by atoms with van der Waals surface area (Å²) in [6.07, 6.45) is 3.22. The van der Waals surface area contributed by atoms with E-state index in [0.29, 0.717) is 0 Å². The number of aromatic nitrogens is 2. The van der Waals surface area contributed by atoms with E-state index in [1.54, 1.807) is 18.4 Å². The predicted molar refractivity (Wildman–Crippen MR) is 132 cm³/mol. The smallest absolute Gasteiger partial charge is 0.193 e. The first kappa shape index (κ1) is 23.6. The Kier molecular flexibility index (Phi) is 9.38. The summed E-state index contributed by atoms with van der Waals surface area (Å²) in [5.74, 6) is 0.881. The Bertz CT molecular complexity index is 923. The molecular formula is C21H30IN5OS. The number of fused-ring (bicyclic) bond motifs is 1. The predicted octanol–water partition coefficient (Wildman–Crippen LogP) is 4.52.